The number of likely N-dealkylation sites (tertiary alicyclic amines) is 1. The lowest BCUT2D eigenvalue weighted by molar-refractivity contribution is -0.289. The van der Waals surface area contributed by atoms with Gasteiger partial charge >= 0.3 is 0 Å². The topological polar surface area (TPSA) is 50.8 Å². The minimum absolute atomic E-state index is 0.00877. The van der Waals surface area contributed by atoms with Crippen LogP contribution in [0.1, 0.15) is 46.6 Å². The maximum absolute atomic E-state index is 12.2. The summed E-state index contributed by atoms with van der Waals surface area (Å²) in [7, 11) is 1.69. The van der Waals surface area contributed by atoms with Crippen molar-refractivity contribution in [1.82, 2.24) is 10.2 Å². The van der Waals surface area contributed by atoms with E-state index in [9.17, 15) is 4.79 Å². The standard InChI is InChI=1S/C21H32N2O3/c1-14-18-19(26-21(4,5)20(2,3)25-18)16(12-17(24)22-6)23(14)13-15-10-8-7-9-11-15/h7-11,14,16,18-19H,12-13H2,1-6H3,(H,22,24). The van der Waals surface area contributed by atoms with Crippen molar-refractivity contribution in [2.75, 3.05) is 7.05 Å². The number of amides is 1. The molecule has 5 heteroatoms. The van der Waals surface area contributed by atoms with E-state index < -0.39 is 5.60 Å². The largest absolute Gasteiger partial charge is 0.365 e. The van der Waals surface area contributed by atoms with Crippen molar-refractivity contribution in [2.45, 2.75) is 83.1 Å². The Hall–Kier alpha value is -1.43. The Balaban J connectivity index is 1.91. The first kappa shape index (κ1) is 19.3. The zero-order valence-corrected chi connectivity index (χ0v) is 16.8. The van der Waals surface area contributed by atoms with Crippen LogP contribution in [0.2, 0.25) is 0 Å². The molecule has 1 aromatic carbocycles. The molecule has 4 unspecified atom stereocenters. The average molecular weight is 360 g/mol. The second-order valence-electron chi connectivity index (χ2n) is 8.53. The van der Waals surface area contributed by atoms with Crippen LogP contribution >= 0.6 is 0 Å². The average Bonchev–Trinajstić information content (AvgIpc) is 2.80. The number of hydrogen-bond acceptors (Lipinski definition) is 4. The van der Waals surface area contributed by atoms with Crippen LogP contribution in [-0.4, -0.2) is 53.3 Å². The molecule has 0 spiro atoms. The number of nitrogens with one attached hydrogen (secondary N) is 1. The SMILES string of the molecule is CNC(=O)CC1C2OC(C)(C)C(C)(C)OC2C(C)N1Cc1ccccc1. The lowest BCUT2D eigenvalue weighted by Gasteiger charge is -2.51. The Morgan fingerprint density at radius 2 is 1.65 bits per heavy atom. The van der Waals surface area contributed by atoms with E-state index in [-0.39, 0.29) is 35.8 Å². The predicted octanol–water partition coefficient (Wildman–Crippen LogP) is 2.74. The summed E-state index contributed by atoms with van der Waals surface area (Å²) in [4.78, 5) is 14.6. The molecule has 4 atom stereocenters. The molecule has 1 amide bonds. The van der Waals surface area contributed by atoms with Gasteiger partial charge in [0.2, 0.25) is 5.91 Å². The minimum atomic E-state index is -0.419. The van der Waals surface area contributed by atoms with Gasteiger partial charge in [-0.1, -0.05) is 30.3 Å². The van der Waals surface area contributed by atoms with E-state index in [4.69, 9.17) is 9.47 Å². The molecule has 0 bridgehead atoms. The third-order valence-electron chi connectivity index (χ3n) is 6.32. The summed E-state index contributed by atoms with van der Waals surface area (Å²) in [5.74, 6) is 0.0344. The highest BCUT2D eigenvalue weighted by Crippen LogP contribution is 2.45. The maximum Gasteiger partial charge on any atom is 0.221 e. The Morgan fingerprint density at radius 1 is 1.08 bits per heavy atom. The smallest absolute Gasteiger partial charge is 0.221 e. The zero-order valence-electron chi connectivity index (χ0n) is 16.8. The highest BCUT2D eigenvalue weighted by atomic mass is 16.6. The fourth-order valence-corrected chi connectivity index (χ4v) is 4.03. The lowest BCUT2D eigenvalue weighted by atomic mass is 9.85. The Kier molecular flexibility index (Phi) is 5.17. The van der Waals surface area contributed by atoms with Crippen molar-refractivity contribution < 1.29 is 14.3 Å². The van der Waals surface area contributed by atoms with Gasteiger partial charge in [0.15, 0.2) is 0 Å². The van der Waals surface area contributed by atoms with Crippen molar-refractivity contribution in [1.29, 1.82) is 0 Å². The third kappa shape index (κ3) is 3.40. The first-order chi connectivity index (χ1) is 12.2. The number of ether oxygens (including phenoxy) is 2. The van der Waals surface area contributed by atoms with Crippen LogP contribution in [0, 0.1) is 0 Å². The van der Waals surface area contributed by atoms with Gasteiger partial charge in [0, 0.05) is 32.1 Å². The molecular formula is C21H32N2O3. The van der Waals surface area contributed by atoms with Crippen LogP contribution in [0.4, 0.5) is 0 Å². The van der Waals surface area contributed by atoms with Crippen LogP contribution < -0.4 is 5.32 Å². The number of rotatable bonds is 4. The van der Waals surface area contributed by atoms with Crippen LogP contribution in [-0.2, 0) is 20.8 Å². The third-order valence-corrected chi connectivity index (χ3v) is 6.32. The second kappa shape index (κ2) is 6.95. The van der Waals surface area contributed by atoms with Crippen molar-refractivity contribution >= 4 is 5.91 Å². The number of fused-ring (bicyclic) bond motifs is 1. The number of carbonyl (C=O) groups is 1. The summed E-state index contributed by atoms with van der Waals surface area (Å²) < 4.78 is 13.1. The van der Waals surface area contributed by atoms with Gasteiger partial charge in [0.25, 0.3) is 0 Å². The summed E-state index contributed by atoms with van der Waals surface area (Å²) in [5, 5.41) is 2.76. The van der Waals surface area contributed by atoms with E-state index >= 15 is 0 Å². The number of hydrogen-bond donors (Lipinski definition) is 1. The lowest BCUT2D eigenvalue weighted by Crippen LogP contribution is -2.62. The Morgan fingerprint density at radius 3 is 2.23 bits per heavy atom. The van der Waals surface area contributed by atoms with Gasteiger partial charge < -0.3 is 14.8 Å². The van der Waals surface area contributed by atoms with Crippen molar-refractivity contribution in [2.24, 2.45) is 0 Å². The summed E-state index contributed by atoms with van der Waals surface area (Å²) in [6.45, 7) is 11.3. The molecule has 1 N–H and O–H groups in total. The van der Waals surface area contributed by atoms with Crippen molar-refractivity contribution in [3.8, 4) is 0 Å². The minimum Gasteiger partial charge on any atom is -0.365 e. The van der Waals surface area contributed by atoms with Gasteiger partial charge in [-0.2, -0.15) is 0 Å². The van der Waals surface area contributed by atoms with Gasteiger partial charge in [-0.3, -0.25) is 9.69 Å². The van der Waals surface area contributed by atoms with E-state index in [1.165, 1.54) is 5.56 Å². The Labute approximate surface area is 157 Å². The number of benzene rings is 1. The van der Waals surface area contributed by atoms with E-state index in [0.29, 0.717) is 6.42 Å². The molecule has 5 nitrogen and oxygen atoms in total. The van der Waals surface area contributed by atoms with Gasteiger partial charge in [-0.25, -0.2) is 0 Å². The predicted molar refractivity (Wildman–Crippen MR) is 102 cm³/mol. The van der Waals surface area contributed by atoms with Crippen LogP contribution in [0.25, 0.3) is 0 Å². The molecule has 144 valence electrons. The Bertz CT molecular complexity index is 644. The summed E-state index contributed by atoms with van der Waals surface area (Å²) in [6.07, 6.45) is 0.250. The molecule has 2 saturated heterocycles. The fourth-order valence-electron chi connectivity index (χ4n) is 4.03. The van der Waals surface area contributed by atoms with E-state index in [1.54, 1.807) is 7.05 Å². The van der Waals surface area contributed by atoms with Crippen molar-refractivity contribution in [3.63, 3.8) is 0 Å². The van der Waals surface area contributed by atoms with Gasteiger partial charge in [0.05, 0.1) is 11.2 Å². The van der Waals surface area contributed by atoms with Crippen LogP contribution in [0.3, 0.4) is 0 Å². The highest BCUT2D eigenvalue weighted by molar-refractivity contribution is 5.76. The van der Waals surface area contributed by atoms with Crippen LogP contribution in [0.5, 0.6) is 0 Å². The molecule has 3 rings (SSSR count). The zero-order chi connectivity index (χ0) is 19.1. The molecule has 2 fully saturated rings. The second-order valence-corrected chi connectivity index (χ2v) is 8.53. The molecule has 2 aliphatic rings. The molecule has 0 aliphatic carbocycles. The quantitative estimate of drug-likeness (QED) is 0.897. The van der Waals surface area contributed by atoms with E-state index in [1.807, 2.05) is 6.07 Å². The van der Waals surface area contributed by atoms with Gasteiger partial charge in [0.1, 0.15) is 12.2 Å². The van der Waals surface area contributed by atoms with E-state index in [2.05, 4.69) is 69.1 Å². The van der Waals surface area contributed by atoms with Crippen LogP contribution in [0.15, 0.2) is 30.3 Å². The number of carbonyl (C=O) groups excluding carboxylic acids is 1. The molecule has 2 aliphatic heterocycles. The number of nitrogens with zero attached hydrogens (tertiary/aromatic N) is 1. The first-order valence-electron chi connectivity index (χ1n) is 9.52. The molecule has 1 aromatic rings. The monoisotopic (exact) mass is 360 g/mol. The van der Waals surface area contributed by atoms with E-state index in [0.717, 1.165) is 6.54 Å². The molecule has 0 radical (unpaired) electrons. The molecular weight excluding hydrogens is 328 g/mol. The molecule has 2 heterocycles. The van der Waals surface area contributed by atoms with Gasteiger partial charge in [-0.05, 0) is 40.2 Å². The molecule has 26 heavy (non-hydrogen) atoms. The maximum atomic E-state index is 12.2. The van der Waals surface area contributed by atoms with Gasteiger partial charge in [-0.15, -0.1) is 0 Å². The first-order valence-corrected chi connectivity index (χ1v) is 9.52. The molecule has 0 saturated carbocycles. The molecule has 0 aromatic heterocycles. The highest BCUT2D eigenvalue weighted by Gasteiger charge is 2.58. The summed E-state index contributed by atoms with van der Waals surface area (Å²) >= 11 is 0. The normalized spacial score (nSPS) is 32.8. The van der Waals surface area contributed by atoms with Crippen molar-refractivity contribution in [3.05, 3.63) is 35.9 Å². The summed E-state index contributed by atoms with van der Waals surface area (Å²) in [6, 6.07) is 10.5. The fraction of sp³-hybridized carbons (Fsp3) is 0.667. The summed E-state index contributed by atoms with van der Waals surface area (Å²) in [5.41, 5.74) is 0.429.